The number of methoxy groups -OCH3 is 2. The van der Waals surface area contributed by atoms with Gasteiger partial charge in [0.2, 0.25) is 5.91 Å². The quantitative estimate of drug-likeness (QED) is 0.830. The zero-order chi connectivity index (χ0) is 15.3. The minimum absolute atomic E-state index is 0.160. The number of carbonyl (C=O) groups is 2. The second-order valence-corrected chi connectivity index (χ2v) is 4.76. The van der Waals surface area contributed by atoms with Crippen LogP contribution >= 0.6 is 0 Å². The molecule has 0 spiro atoms. The minimum atomic E-state index is -0.663. The van der Waals surface area contributed by atoms with Crippen molar-refractivity contribution in [1.29, 1.82) is 0 Å². The molecule has 1 aromatic rings. The van der Waals surface area contributed by atoms with Crippen LogP contribution in [0.25, 0.3) is 0 Å². The summed E-state index contributed by atoms with van der Waals surface area (Å²) in [5.74, 6) is -0.00610. The van der Waals surface area contributed by atoms with E-state index in [1.165, 1.54) is 7.11 Å². The summed E-state index contributed by atoms with van der Waals surface area (Å²) in [6, 6.07) is 3.25. The van der Waals surface area contributed by atoms with Crippen LogP contribution in [0, 0.1) is 13.8 Å². The Balaban J connectivity index is 2.83. The third kappa shape index (κ3) is 3.98. The van der Waals surface area contributed by atoms with Crippen molar-refractivity contribution in [2.24, 2.45) is 0 Å². The molecule has 1 rings (SSSR count). The third-order valence-electron chi connectivity index (χ3n) is 2.98. The van der Waals surface area contributed by atoms with Gasteiger partial charge in [-0.05, 0) is 26.3 Å². The summed E-state index contributed by atoms with van der Waals surface area (Å²) in [4.78, 5) is 23.2. The highest BCUT2D eigenvalue weighted by molar-refractivity contribution is 5.85. The molecule has 0 aromatic heterocycles. The summed E-state index contributed by atoms with van der Waals surface area (Å²) in [6.07, 6.45) is 0.160. The molecular weight excluding hydrogens is 258 g/mol. The Morgan fingerprint density at radius 3 is 2.45 bits per heavy atom. The zero-order valence-corrected chi connectivity index (χ0v) is 12.6. The molecule has 0 unspecified atom stereocenters. The normalized spacial score (nSPS) is 11.7. The highest BCUT2D eigenvalue weighted by Gasteiger charge is 2.17. The number of ether oxygens (including phenoxy) is 2. The van der Waals surface area contributed by atoms with E-state index in [1.54, 1.807) is 14.0 Å². The first-order valence-electron chi connectivity index (χ1n) is 6.40. The molecule has 1 amide bonds. The predicted octanol–water partition coefficient (Wildman–Crippen LogP) is 1.53. The monoisotopic (exact) mass is 279 g/mol. The number of hydrogen-bond acceptors (Lipinski definition) is 4. The highest BCUT2D eigenvalue weighted by atomic mass is 16.5. The number of benzene rings is 1. The number of hydrogen-bond donors (Lipinski definition) is 1. The van der Waals surface area contributed by atoms with Gasteiger partial charge in [-0.25, -0.2) is 4.79 Å². The van der Waals surface area contributed by atoms with Gasteiger partial charge in [0, 0.05) is 5.56 Å². The molecule has 0 aliphatic heterocycles. The molecule has 0 heterocycles. The molecule has 0 fully saturated rings. The fourth-order valence-electron chi connectivity index (χ4n) is 2.17. The van der Waals surface area contributed by atoms with Gasteiger partial charge in [0.1, 0.15) is 11.8 Å². The van der Waals surface area contributed by atoms with Crippen LogP contribution in [0.15, 0.2) is 12.1 Å². The van der Waals surface area contributed by atoms with E-state index in [-0.39, 0.29) is 12.3 Å². The van der Waals surface area contributed by atoms with Gasteiger partial charge in [-0.15, -0.1) is 0 Å². The number of carbonyl (C=O) groups excluding carboxylic acids is 2. The predicted molar refractivity (Wildman–Crippen MR) is 75.8 cm³/mol. The molecule has 20 heavy (non-hydrogen) atoms. The van der Waals surface area contributed by atoms with E-state index < -0.39 is 12.0 Å². The lowest BCUT2D eigenvalue weighted by atomic mass is 10.0. The fourth-order valence-corrected chi connectivity index (χ4v) is 2.17. The van der Waals surface area contributed by atoms with Gasteiger partial charge >= 0.3 is 5.97 Å². The van der Waals surface area contributed by atoms with Crippen molar-refractivity contribution in [2.45, 2.75) is 33.2 Å². The van der Waals surface area contributed by atoms with Crippen LogP contribution in [0.2, 0.25) is 0 Å². The maximum atomic E-state index is 12.0. The van der Waals surface area contributed by atoms with Crippen LogP contribution in [-0.4, -0.2) is 32.1 Å². The van der Waals surface area contributed by atoms with Gasteiger partial charge in [0.15, 0.2) is 0 Å². The summed E-state index contributed by atoms with van der Waals surface area (Å²) in [5.41, 5.74) is 2.85. The molecule has 5 nitrogen and oxygen atoms in total. The van der Waals surface area contributed by atoms with Crippen molar-refractivity contribution in [1.82, 2.24) is 5.32 Å². The molecule has 0 radical (unpaired) electrons. The molecule has 5 heteroatoms. The van der Waals surface area contributed by atoms with E-state index >= 15 is 0 Å². The Kier molecular flexibility index (Phi) is 5.55. The van der Waals surface area contributed by atoms with Crippen LogP contribution in [0.5, 0.6) is 5.75 Å². The van der Waals surface area contributed by atoms with Gasteiger partial charge in [-0.1, -0.05) is 17.7 Å². The van der Waals surface area contributed by atoms with Gasteiger partial charge in [-0.2, -0.15) is 0 Å². The average molecular weight is 279 g/mol. The number of aryl methyl sites for hydroxylation is 2. The van der Waals surface area contributed by atoms with Gasteiger partial charge in [-0.3, -0.25) is 4.79 Å². The largest absolute Gasteiger partial charge is 0.496 e. The lowest BCUT2D eigenvalue weighted by molar-refractivity contribution is -0.144. The average Bonchev–Trinajstić information content (AvgIpc) is 2.36. The number of nitrogens with one attached hydrogen (secondary N) is 1. The first-order valence-corrected chi connectivity index (χ1v) is 6.40. The van der Waals surface area contributed by atoms with Crippen molar-refractivity contribution in [3.05, 3.63) is 28.8 Å². The lowest BCUT2D eigenvalue weighted by Crippen LogP contribution is -2.39. The molecule has 0 saturated carbocycles. The Bertz CT molecular complexity index is 511. The molecule has 0 saturated heterocycles. The number of amides is 1. The third-order valence-corrected chi connectivity index (χ3v) is 2.98. The maximum Gasteiger partial charge on any atom is 0.328 e. The Hall–Kier alpha value is -2.04. The minimum Gasteiger partial charge on any atom is -0.496 e. The smallest absolute Gasteiger partial charge is 0.328 e. The molecule has 0 aliphatic rings. The molecule has 0 bridgehead atoms. The van der Waals surface area contributed by atoms with E-state index in [1.807, 2.05) is 26.0 Å². The summed E-state index contributed by atoms with van der Waals surface area (Å²) in [6.45, 7) is 5.48. The summed E-state index contributed by atoms with van der Waals surface area (Å²) < 4.78 is 9.90. The Morgan fingerprint density at radius 1 is 1.25 bits per heavy atom. The van der Waals surface area contributed by atoms with Crippen molar-refractivity contribution in [2.75, 3.05) is 14.2 Å². The van der Waals surface area contributed by atoms with E-state index in [4.69, 9.17) is 4.74 Å². The van der Waals surface area contributed by atoms with Crippen molar-refractivity contribution >= 4 is 11.9 Å². The van der Waals surface area contributed by atoms with E-state index in [9.17, 15) is 9.59 Å². The molecular formula is C15H21NO4. The van der Waals surface area contributed by atoms with Crippen LogP contribution in [0.1, 0.15) is 23.6 Å². The van der Waals surface area contributed by atoms with Crippen LogP contribution in [0.3, 0.4) is 0 Å². The zero-order valence-electron chi connectivity index (χ0n) is 12.6. The van der Waals surface area contributed by atoms with Crippen molar-refractivity contribution in [3.63, 3.8) is 0 Å². The van der Waals surface area contributed by atoms with Crippen molar-refractivity contribution in [3.8, 4) is 5.75 Å². The molecule has 1 atom stereocenters. The topological polar surface area (TPSA) is 64.6 Å². The van der Waals surface area contributed by atoms with Crippen molar-refractivity contribution < 1.29 is 19.1 Å². The van der Waals surface area contributed by atoms with E-state index in [0.29, 0.717) is 5.75 Å². The molecule has 0 aliphatic carbocycles. The standard InChI is InChI=1S/C15H21NO4/c1-9-6-10(2)14(19-4)12(7-9)8-13(17)16-11(3)15(18)20-5/h6-7,11H,8H2,1-5H3,(H,16,17)/t11-/m0/s1. The van der Waals surface area contributed by atoms with Gasteiger partial charge in [0.25, 0.3) is 0 Å². The second-order valence-electron chi connectivity index (χ2n) is 4.76. The first-order chi connectivity index (χ1) is 9.38. The fraction of sp³-hybridized carbons (Fsp3) is 0.467. The summed E-state index contributed by atoms with van der Waals surface area (Å²) in [5, 5.41) is 2.60. The second kappa shape index (κ2) is 6.93. The Morgan fingerprint density at radius 2 is 1.90 bits per heavy atom. The number of esters is 1. The SMILES string of the molecule is COC(=O)[C@H](C)NC(=O)Cc1cc(C)cc(C)c1OC. The maximum absolute atomic E-state index is 12.0. The summed E-state index contributed by atoms with van der Waals surface area (Å²) >= 11 is 0. The number of rotatable bonds is 5. The van der Waals surface area contributed by atoms with E-state index in [2.05, 4.69) is 10.1 Å². The lowest BCUT2D eigenvalue weighted by Gasteiger charge is -2.15. The Labute approximate surface area is 119 Å². The molecule has 1 N–H and O–H groups in total. The molecule has 1 aromatic carbocycles. The highest BCUT2D eigenvalue weighted by Crippen LogP contribution is 2.25. The van der Waals surface area contributed by atoms with Crippen LogP contribution in [-0.2, 0) is 20.7 Å². The van der Waals surface area contributed by atoms with Gasteiger partial charge < -0.3 is 14.8 Å². The van der Waals surface area contributed by atoms with Crippen LogP contribution < -0.4 is 10.1 Å². The molecule has 110 valence electrons. The first kappa shape index (κ1) is 16.0. The van der Waals surface area contributed by atoms with Crippen LogP contribution in [0.4, 0.5) is 0 Å². The van der Waals surface area contributed by atoms with E-state index in [0.717, 1.165) is 16.7 Å². The van der Waals surface area contributed by atoms with Gasteiger partial charge in [0.05, 0.1) is 20.6 Å². The summed E-state index contributed by atoms with van der Waals surface area (Å²) in [7, 11) is 2.87.